The fourth-order valence-corrected chi connectivity index (χ4v) is 4.74. The molecule has 0 saturated carbocycles. The summed E-state index contributed by atoms with van der Waals surface area (Å²) >= 11 is 6.14. The summed E-state index contributed by atoms with van der Waals surface area (Å²) in [4.78, 5) is 0.379. The second kappa shape index (κ2) is 8.32. The third-order valence-electron chi connectivity index (χ3n) is 4.48. The number of hydrogen-bond donors (Lipinski definition) is 1. The van der Waals surface area contributed by atoms with Crippen molar-refractivity contribution in [2.45, 2.75) is 37.2 Å². The molecule has 1 aliphatic heterocycles. The summed E-state index contributed by atoms with van der Waals surface area (Å²) in [7, 11) is -3.35. The van der Waals surface area contributed by atoms with E-state index in [0.717, 1.165) is 35.4 Å². The first kappa shape index (κ1) is 18.4. The van der Waals surface area contributed by atoms with Gasteiger partial charge in [-0.25, -0.2) is 8.42 Å². The van der Waals surface area contributed by atoms with Crippen LogP contribution in [0.3, 0.4) is 0 Å². The van der Waals surface area contributed by atoms with Gasteiger partial charge in [-0.15, -0.1) is 0 Å². The van der Waals surface area contributed by atoms with Gasteiger partial charge in [0.15, 0.2) is 0 Å². The van der Waals surface area contributed by atoms with Gasteiger partial charge in [-0.2, -0.15) is 4.31 Å². The molecule has 134 valence electrons. The number of nitrogens with zero attached hydrogens (tertiary/aromatic N) is 1. The van der Waals surface area contributed by atoms with E-state index >= 15 is 0 Å². The normalized spacial score (nSPS) is 16.0. The molecule has 25 heavy (non-hydrogen) atoms. The molecule has 4 nitrogen and oxygen atoms in total. The van der Waals surface area contributed by atoms with Crippen LogP contribution >= 0.6 is 11.6 Å². The molecule has 0 atom stereocenters. The van der Waals surface area contributed by atoms with Gasteiger partial charge in [0, 0.05) is 31.2 Å². The fourth-order valence-electron chi connectivity index (χ4n) is 3.02. The largest absolute Gasteiger partial charge is 0.309 e. The first-order valence-corrected chi connectivity index (χ1v) is 10.4. The quantitative estimate of drug-likeness (QED) is 0.831. The van der Waals surface area contributed by atoms with E-state index in [2.05, 4.69) is 5.32 Å². The predicted molar refractivity (Wildman–Crippen MR) is 101 cm³/mol. The average molecular weight is 379 g/mol. The molecule has 1 saturated heterocycles. The number of rotatable bonds is 6. The smallest absolute Gasteiger partial charge is 0.243 e. The average Bonchev–Trinajstić information content (AvgIpc) is 2.64. The Bertz CT molecular complexity index is 800. The molecular weight excluding hydrogens is 356 g/mol. The monoisotopic (exact) mass is 378 g/mol. The van der Waals surface area contributed by atoms with Gasteiger partial charge in [-0.3, -0.25) is 0 Å². The van der Waals surface area contributed by atoms with Crippen LogP contribution in [0, 0.1) is 0 Å². The van der Waals surface area contributed by atoms with Gasteiger partial charge in [-0.05, 0) is 42.2 Å². The molecule has 0 amide bonds. The second-order valence-corrected chi connectivity index (χ2v) is 8.65. The van der Waals surface area contributed by atoms with Crippen molar-refractivity contribution in [3.05, 3.63) is 64.7 Å². The van der Waals surface area contributed by atoms with Crippen molar-refractivity contribution in [1.82, 2.24) is 9.62 Å². The van der Waals surface area contributed by atoms with Crippen LogP contribution < -0.4 is 5.32 Å². The minimum atomic E-state index is -3.35. The van der Waals surface area contributed by atoms with Gasteiger partial charge in [-0.1, -0.05) is 48.4 Å². The van der Waals surface area contributed by atoms with E-state index in [1.165, 1.54) is 0 Å². The Morgan fingerprint density at radius 1 is 0.920 bits per heavy atom. The minimum Gasteiger partial charge on any atom is -0.309 e. The highest BCUT2D eigenvalue weighted by Gasteiger charge is 2.25. The van der Waals surface area contributed by atoms with Crippen LogP contribution in [0.2, 0.25) is 5.02 Å². The molecule has 1 fully saturated rings. The Kier molecular flexibility index (Phi) is 6.12. The number of nitrogens with one attached hydrogen (secondary N) is 1. The number of halogens is 1. The zero-order chi connectivity index (χ0) is 17.7. The molecule has 0 aliphatic carbocycles. The van der Waals surface area contributed by atoms with Crippen LogP contribution in [0.15, 0.2) is 53.4 Å². The van der Waals surface area contributed by atoms with Gasteiger partial charge in [0.25, 0.3) is 0 Å². The molecule has 0 radical (unpaired) electrons. The topological polar surface area (TPSA) is 49.4 Å². The van der Waals surface area contributed by atoms with Gasteiger partial charge in [0.2, 0.25) is 10.0 Å². The Morgan fingerprint density at radius 3 is 2.28 bits per heavy atom. The molecule has 0 aromatic heterocycles. The van der Waals surface area contributed by atoms with Gasteiger partial charge < -0.3 is 5.32 Å². The maximum absolute atomic E-state index is 12.6. The number of hydrogen-bond acceptors (Lipinski definition) is 3. The standard InChI is InChI=1S/C19H23ClN2O2S/c20-19-7-3-2-6-17(19)15-21-14-16-8-10-18(11-9-16)25(23,24)22-12-4-1-5-13-22/h2-3,6-11,21H,1,4-5,12-15H2. The van der Waals surface area contributed by atoms with Crippen molar-refractivity contribution < 1.29 is 8.42 Å². The second-order valence-electron chi connectivity index (χ2n) is 6.30. The molecule has 1 heterocycles. The van der Waals surface area contributed by atoms with E-state index in [1.54, 1.807) is 16.4 Å². The zero-order valence-corrected chi connectivity index (χ0v) is 15.7. The highest BCUT2D eigenvalue weighted by Crippen LogP contribution is 2.21. The van der Waals surface area contributed by atoms with Gasteiger partial charge in [0.1, 0.15) is 0 Å². The SMILES string of the molecule is O=S(=O)(c1ccc(CNCc2ccccc2Cl)cc1)N1CCCCC1. The number of sulfonamides is 1. The first-order valence-electron chi connectivity index (χ1n) is 8.60. The van der Waals surface area contributed by atoms with Crippen molar-refractivity contribution in [3.63, 3.8) is 0 Å². The zero-order valence-electron chi connectivity index (χ0n) is 14.1. The Hall–Kier alpha value is -1.40. The lowest BCUT2D eigenvalue weighted by Gasteiger charge is -2.25. The van der Waals surface area contributed by atoms with Gasteiger partial charge >= 0.3 is 0 Å². The van der Waals surface area contributed by atoms with Crippen molar-refractivity contribution >= 4 is 21.6 Å². The van der Waals surface area contributed by atoms with E-state index in [0.29, 0.717) is 31.1 Å². The predicted octanol–water partition coefficient (Wildman–Crippen LogP) is 3.80. The van der Waals surface area contributed by atoms with E-state index in [4.69, 9.17) is 11.6 Å². The lowest BCUT2D eigenvalue weighted by Crippen LogP contribution is -2.35. The van der Waals surface area contributed by atoms with E-state index in [-0.39, 0.29) is 0 Å². The third-order valence-corrected chi connectivity index (χ3v) is 6.76. The molecular formula is C19H23ClN2O2S. The fraction of sp³-hybridized carbons (Fsp3) is 0.368. The Balaban J connectivity index is 1.59. The van der Waals surface area contributed by atoms with Crippen molar-refractivity contribution in [2.24, 2.45) is 0 Å². The van der Waals surface area contributed by atoms with Crippen LogP contribution in [0.1, 0.15) is 30.4 Å². The summed E-state index contributed by atoms with van der Waals surface area (Å²) in [5, 5.41) is 4.08. The summed E-state index contributed by atoms with van der Waals surface area (Å²) in [5.74, 6) is 0. The van der Waals surface area contributed by atoms with E-state index in [1.807, 2.05) is 36.4 Å². The summed E-state index contributed by atoms with van der Waals surface area (Å²) < 4.78 is 26.9. The van der Waals surface area contributed by atoms with Crippen LogP contribution in [-0.4, -0.2) is 25.8 Å². The molecule has 0 bridgehead atoms. The lowest BCUT2D eigenvalue weighted by molar-refractivity contribution is 0.346. The Morgan fingerprint density at radius 2 is 1.60 bits per heavy atom. The molecule has 0 spiro atoms. The molecule has 6 heteroatoms. The highest BCUT2D eigenvalue weighted by molar-refractivity contribution is 7.89. The van der Waals surface area contributed by atoms with E-state index < -0.39 is 10.0 Å². The molecule has 3 rings (SSSR count). The summed E-state index contributed by atoms with van der Waals surface area (Å²) in [5.41, 5.74) is 2.10. The molecule has 2 aromatic rings. The van der Waals surface area contributed by atoms with Crippen molar-refractivity contribution in [3.8, 4) is 0 Å². The van der Waals surface area contributed by atoms with Crippen LogP contribution in [0.25, 0.3) is 0 Å². The molecule has 2 aromatic carbocycles. The summed E-state index contributed by atoms with van der Waals surface area (Å²) in [6.07, 6.45) is 3.01. The van der Waals surface area contributed by atoms with Crippen molar-refractivity contribution in [1.29, 1.82) is 0 Å². The van der Waals surface area contributed by atoms with Crippen LogP contribution in [0.5, 0.6) is 0 Å². The summed E-state index contributed by atoms with van der Waals surface area (Å²) in [6.45, 7) is 2.59. The van der Waals surface area contributed by atoms with Crippen LogP contribution in [-0.2, 0) is 23.1 Å². The maximum Gasteiger partial charge on any atom is 0.243 e. The third kappa shape index (κ3) is 4.61. The summed E-state index contributed by atoms with van der Waals surface area (Å²) in [6, 6.07) is 14.9. The molecule has 0 unspecified atom stereocenters. The number of benzene rings is 2. The maximum atomic E-state index is 12.6. The molecule has 1 N–H and O–H groups in total. The van der Waals surface area contributed by atoms with Crippen molar-refractivity contribution in [2.75, 3.05) is 13.1 Å². The highest BCUT2D eigenvalue weighted by atomic mass is 35.5. The first-order chi connectivity index (χ1) is 12.1. The number of piperidine rings is 1. The van der Waals surface area contributed by atoms with E-state index in [9.17, 15) is 8.42 Å². The van der Waals surface area contributed by atoms with Gasteiger partial charge in [0.05, 0.1) is 4.90 Å². The minimum absolute atomic E-state index is 0.379. The Labute approximate surface area is 154 Å². The molecule has 1 aliphatic rings. The lowest BCUT2D eigenvalue weighted by atomic mass is 10.2. The van der Waals surface area contributed by atoms with Crippen LogP contribution in [0.4, 0.5) is 0 Å².